The number of rotatable bonds is 4. The van der Waals surface area contributed by atoms with Crippen LogP contribution in [-0.2, 0) is 10.8 Å². The standard InChI is InChI=1S/C53H46N4OS/c1-4-10-40-37(7-1)43-44-39-9-3-6-12-42(39)59-48(44)47-45(38-8-2-5-11-41(38)58-47)46(43)57(40)36-15-13-35(14-16-36)49-54-50(52-23-29-17-30(24-52)19-31(18-29)25-52)56-51(55-49)53-26-32-20-33(27-53)22-34(21-32)28-53/h1-16,29-34H,17-28H2. The Bertz CT molecular complexity index is 3120. The molecule has 290 valence electrons. The molecule has 8 fully saturated rings. The molecular formula is C53H46N4OS. The fourth-order valence-corrected chi connectivity index (χ4v) is 16.6. The summed E-state index contributed by atoms with van der Waals surface area (Å²) in [6.07, 6.45) is 16.2. The minimum atomic E-state index is 0.127. The second kappa shape index (κ2) is 11.4. The molecule has 5 nitrogen and oxygen atoms in total. The molecule has 9 aromatic rings. The minimum Gasteiger partial charge on any atom is -0.454 e. The van der Waals surface area contributed by atoms with Gasteiger partial charge in [0.25, 0.3) is 0 Å². The van der Waals surface area contributed by atoms with E-state index in [1.54, 1.807) is 0 Å². The van der Waals surface area contributed by atoms with Crippen LogP contribution >= 0.6 is 11.3 Å². The first-order chi connectivity index (χ1) is 29.0. The van der Waals surface area contributed by atoms with Crippen LogP contribution in [0.25, 0.3) is 81.0 Å². The lowest BCUT2D eigenvalue weighted by atomic mass is 9.49. The van der Waals surface area contributed by atoms with E-state index in [1.165, 1.54) is 124 Å². The van der Waals surface area contributed by atoms with Crippen LogP contribution < -0.4 is 0 Å². The molecule has 0 amide bonds. The van der Waals surface area contributed by atoms with Crippen molar-refractivity contribution >= 4 is 75.3 Å². The number of fused-ring (bicyclic) bond motifs is 12. The van der Waals surface area contributed by atoms with Crippen LogP contribution in [0.5, 0.6) is 0 Å². The fraction of sp³-hybridized carbons (Fsp3) is 0.377. The van der Waals surface area contributed by atoms with Crippen molar-refractivity contribution in [3.05, 3.63) is 109 Å². The number of aromatic nitrogens is 4. The van der Waals surface area contributed by atoms with Crippen LogP contribution in [0.3, 0.4) is 0 Å². The van der Waals surface area contributed by atoms with Crippen LogP contribution in [0, 0.1) is 35.5 Å². The van der Waals surface area contributed by atoms with Gasteiger partial charge in [-0.1, -0.05) is 54.6 Å². The molecule has 4 heterocycles. The molecule has 6 heteroatoms. The van der Waals surface area contributed by atoms with Crippen molar-refractivity contribution in [2.24, 2.45) is 35.5 Å². The second-order valence-corrected chi connectivity index (χ2v) is 21.5. The Hall–Kier alpha value is -5.07. The maximum absolute atomic E-state index is 6.84. The van der Waals surface area contributed by atoms with Crippen LogP contribution in [0.4, 0.5) is 0 Å². The maximum atomic E-state index is 6.84. The summed E-state index contributed by atoms with van der Waals surface area (Å²) in [5.41, 5.74) is 6.84. The molecule has 0 N–H and O–H groups in total. The van der Waals surface area contributed by atoms with E-state index in [4.69, 9.17) is 19.4 Å². The second-order valence-electron chi connectivity index (χ2n) is 20.4. The fourth-order valence-electron chi connectivity index (χ4n) is 15.4. The van der Waals surface area contributed by atoms with Crippen LogP contribution in [0.2, 0.25) is 0 Å². The first-order valence-electron chi connectivity index (χ1n) is 22.6. The van der Waals surface area contributed by atoms with Gasteiger partial charge in [-0.25, -0.2) is 15.0 Å². The summed E-state index contributed by atoms with van der Waals surface area (Å²) in [6, 6.07) is 35.7. The molecule has 8 aliphatic carbocycles. The first-order valence-corrected chi connectivity index (χ1v) is 23.4. The summed E-state index contributed by atoms with van der Waals surface area (Å²) in [5, 5.41) is 7.50. The van der Waals surface area contributed by atoms with Gasteiger partial charge in [-0.05, 0) is 155 Å². The Morgan fingerprint density at radius 3 is 1.69 bits per heavy atom. The van der Waals surface area contributed by atoms with Gasteiger partial charge in [-0.3, -0.25) is 0 Å². The summed E-state index contributed by atoms with van der Waals surface area (Å²) < 4.78 is 11.9. The highest BCUT2D eigenvalue weighted by molar-refractivity contribution is 7.27. The van der Waals surface area contributed by atoms with E-state index in [9.17, 15) is 0 Å². The van der Waals surface area contributed by atoms with Gasteiger partial charge in [0.1, 0.15) is 17.2 Å². The van der Waals surface area contributed by atoms with Crippen molar-refractivity contribution in [3.63, 3.8) is 0 Å². The number of furan rings is 1. The summed E-state index contributed by atoms with van der Waals surface area (Å²) in [6.45, 7) is 0. The summed E-state index contributed by atoms with van der Waals surface area (Å²) in [5.74, 6) is 8.30. The number of thiophene rings is 1. The van der Waals surface area contributed by atoms with Crippen LogP contribution in [-0.4, -0.2) is 19.5 Å². The average Bonchev–Trinajstić information content (AvgIpc) is 3.93. The van der Waals surface area contributed by atoms with Gasteiger partial charge in [0.05, 0.1) is 21.1 Å². The van der Waals surface area contributed by atoms with Crippen molar-refractivity contribution in [2.45, 2.75) is 87.9 Å². The average molecular weight is 787 g/mol. The molecule has 0 atom stereocenters. The number of para-hydroxylation sites is 2. The van der Waals surface area contributed by atoms with E-state index in [0.717, 1.165) is 80.8 Å². The topological polar surface area (TPSA) is 56.7 Å². The van der Waals surface area contributed by atoms with Gasteiger partial charge in [-0.2, -0.15) is 0 Å². The number of hydrogen-bond donors (Lipinski definition) is 0. The molecule has 17 rings (SSSR count). The van der Waals surface area contributed by atoms with Crippen molar-refractivity contribution in [1.29, 1.82) is 0 Å². The van der Waals surface area contributed by atoms with E-state index in [-0.39, 0.29) is 10.8 Å². The quantitative estimate of drug-likeness (QED) is 0.178. The Labute approximate surface area is 346 Å². The van der Waals surface area contributed by atoms with Crippen molar-refractivity contribution in [2.75, 3.05) is 0 Å². The Kier molecular flexibility index (Phi) is 6.32. The number of benzene rings is 5. The third-order valence-corrected chi connectivity index (χ3v) is 18.0. The Morgan fingerprint density at radius 1 is 0.525 bits per heavy atom. The van der Waals surface area contributed by atoms with E-state index in [1.807, 2.05) is 11.3 Å². The normalized spacial score (nSPS) is 30.7. The lowest BCUT2D eigenvalue weighted by molar-refractivity contribution is -0.0155. The zero-order chi connectivity index (χ0) is 38.2. The van der Waals surface area contributed by atoms with Crippen LogP contribution in [0.1, 0.15) is 88.7 Å². The molecule has 59 heavy (non-hydrogen) atoms. The van der Waals surface area contributed by atoms with Gasteiger partial charge in [0.15, 0.2) is 11.4 Å². The highest BCUT2D eigenvalue weighted by atomic mass is 32.1. The first kappa shape index (κ1) is 32.7. The van der Waals surface area contributed by atoms with Gasteiger partial charge >= 0.3 is 0 Å². The molecule has 8 aliphatic rings. The van der Waals surface area contributed by atoms with E-state index in [0.29, 0.717) is 0 Å². The molecular weight excluding hydrogens is 741 g/mol. The molecule has 0 aliphatic heterocycles. The lowest BCUT2D eigenvalue weighted by Gasteiger charge is -2.57. The summed E-state index contributed by atoms with van der Waals surface area (Å²) in [4.78, 5) is 16.9. The maximum Gasteiger partial charge on any atom is 0.163 e. The van der Waals surface area contributed by atoms with Gasteiger partial charge in [-0.15, -0.1) is 11.3 Å². The molecule has 0 radical (unpaired) electrons. The van der Waals surface area contributed by atoms with Gasteiger partial charge in [0, 0.05) is 53.7 Å². The molecule has 8 bridgehead atoms. The third-order valence-electron chi connectivity index (χ3n) is 16.8. The SMILES string of the molecule is c1ccc2c(c1)oc1c3sc4ccccc4c3c3c4ccccc4n(-c4ccc(-c5nc(C67CC8CC(CC(C8)C6)C7)nc(C67CC8CC(CC(C8)C6)C7)n5)cc4)c3c21. The molecule has 0 saturated heterocycles. The summed E-state index contributed by atoms with van der Waals surface area (Å²) in [7, 11) is 0. The Morgan fingerprint density at radius 2 is 1.07 bits per heavy atom. The van der Waals surface area contributed by atoms with E-state index >= 15 is 0 Å². The van der Waals surface area contributed by atoms with Crippen molar-refractivity contribution < 1.29 is 4.42 Å². The van der Waals surface area contributed by atoms with E-state index in [2.05, 4.69) is 102 Å². The smallest absolute Gasteiger partial charge is 0.163 e. The number of hydrogen-bond acceptors (Lipinski definition) is 5. The zero-order valence-corrected chi connectivity index (χ0v) is 34.1. The Balaban J connectivity index is 0.948. The highest BCUT2D eigenvalue weighted by Gasteiger charge is 2.56. The monoisotopic (exact) mass is 786 g/mol. The highest BCUT2D eigenvalue weighted by Crippen LogP contribution is 2.63. The predicted molar refractivity (Wildman–Crippen MR) is 239 cm³/mol. The third kappa shape index (κ3) is 4.44. The lowest BCUT2D eigenvalue weighted by Crippen LogP contribution is -2.51. The molecule has 4 aromatic heterocycles. The largest absolute Gasteiger partial charge is 0.454 e. The van der Waals surface area contributed by atoms with Crippen LogP contribution in [0.15, 0.2) is 101 Å². The van der Waals surface area contributed by atoms with Crippen molar-refractivity contribution in [3.8, 4) is 17.1 Å². The predicted octanol–water partition coefficient (Wildman–Crippen LogP) is 13.8. The summed E-state index contributed by atoms with van der Waals surface area (Å²) >= 11 is 1.85. The van der Waals surface area contributed by atoms with Crippen molar-refractivity contribution in [1.82, 2.24) is 19.5 Å². The van der Waals surface area contributed by atoms with Gasteiger partial charge in [0.2, 0.25) is 0 Å². The molecule has 0 unspecified atom stereocenters. The van der Waals surface area contributed by atoms with E-state index < -0.39 is 0 Å². The molecule has 8 saturated carbocycles. The zero-order valence-electron chi connectivity index (χ0n) is 33.3. The van der Waals surface area contributed by atoms with Gasteiger partial charge < -0.3 is 8.98 Å². The molecule has 5 aromatic carbocycles. The molecule has 0 spiro atoms. The minimum absolute atomic E-state index is 0.127. The number of nitrogens with zero attached hydrogens (tertiary/aromatic N) is 4.